The molecule has 4 rings (SSSR count). The number of hydrogen-bond donors (Lipinski definition) is 2. The molecule has 3 atom stereocenters. The van der Waals surface area contributed by atoms with Crippen LogP contribution < -0.4 is 5.32 Å². The van der Waals surface area contributed by atoms with Crippen LogP contribution in [0.15, 0.2) is 24.3 Å². The Hall–Kier alpha value is -2.45. The first-order chi connectivity index (χ1) is 15.4. The van der Waals surface area contributed by atoms with Crippen molar-refractivity contribution in [1.29, 1.82) is 0 Å². The minimum atomic E-state index is -1.03. The smallest absolute Gasteiger partial charge is 0.249 e. The number of benzene rings is 1. The minimum Gasteiger partial charge on any atom is -0.389 e. The molecule has 2 aliphatic rings. The molecular formula is C25H31F2N3O3. The van der Waals surface area contributed by atoms with Gasteiger partial charge >= 0.3 is 0 Å². The molecule has 2 aliphatic carbocycles. The molecule has 2 N–H and O–H groups in total. The van der Waals surface area contributed by atoms with Gasteiger partial charge in [-0.2, -0.15) is 5.10 Å². The largest absolute Gasteiger partial charge is 0.389 e. The Morgan fingerprint density at radius 3 is 2.58 bits per heavy atom. The number of ether oxygens (including phenoxy) is 1. The third-order valence-electron chi connectivity index (χ3n) is 7.20. The molecule has 1 aromatic heterocycles. The van der Waals surface area contributed by atoms with Gasteiger partial charge in [-0.3, -0.25) is 4.79 Å². The fourth-order valence-electron chi connectivity index (χ4n) is 5.38. The molecule has 0 spiro atoms. The van der Waals surface area contributed by atoms with Crippen molar-refractivity contribution in [3.8, 4) is 11.3 Å². The first-order valence-corrected chi connectivity index (χ1v) is 11.4. The SMILES string of the molecule is CC[C@@H](O[C@@]12CC[C@@H](c3cc(-c4c(F)cccc4F)nnc31)C2(C)C)C(=O)NCC(C)(C)O. The van der Waals surface area contributed by atoms with E-state index in [1.807, 2.05) is 6.92 Å². The van der Waals surface area contributed by atoms with Crippen LogP contribution in [-0.2, 0) is 15.1 Å². The van der Waals surface area contributed by atoms with Crippen LogP contribution in [-0.4, -0.2) is 39.5 Å². The van der Waals surface area contributed by atoms with Gasteiger partial charge < -0.3 is 15.2 Å². The lowest BCUT2D eigenvalue weighted by Crippen LogP contribution is -2.48. The summed E-state index contributed by atoms with van der Waals surface area (Å²) in [5, 5.41) is 21.3. The summed E-state index contributed by atoms with van der Waals surface area (Å²) in [4.78, 5) is 12.9. The first kappa shape index (κ1) is 23.7. The molecule has 2 aromatic rings. The van der Waals surface area contributed by atoms with Crippen molar-refractivity contribution in [1.82, 2.24) is 15.5 Å². The molecule has 0 aliphatic heterocycles. The molecular weight excluding hydrogens is 428 g/mol. The van der Waals surface area contributed by atoms with E-state index in [1.54, 1.807) is 19.9 Å². The summed E-state index contributed by atoms with van der Waals surface area (Å²) in [7, 11) is 0. The van der Waals surface area contributed by atoms with Crippen LogP contribution in [0.4, 0.5) is 8.78 Å². The zero-order valence-corrected chi connectivity index (χ0v) is 19.7. The maximum absolute atomic E-state index is 14.4. The van der Waals surface area contributed by atoms with Crippen LogP contribution in [0.2, 0.25) is 0 Å². The van der Waals surface area contributed by atoms with E-state index in [4.69, 9.17) is 4.74 Å². The number of nitrogens with zero attached hydrogens (tertiary/aromatic N) is 2. The molecule has 1 aromatic carbocycles. The predicted molar refractivity (Wildman–Crippen MR) is 119 cm³/mol. The highest BCUT2D eigenvalue weighted by Crippen LogP contribution is 2.68. The first-order valence-electron chi connectivity index (χ1n) is 11.4. The topological polar surface area (TPSA) is 84.3 Å². The number of carbonyl (C=O) groups excluding carboxylic acids is 1. The van der Waals surface area contributed by atoms with Crippen molar-refractivity contribution >= 4 is 5.91 Å². The third kappa shape index (κ3) is 3.83. The van der Waals surface area contributed by atoms with Crippen LogP contribution in [0.3, 0.4) is 0 Å². The Morgan fingerprint density at radius 1 is 1.30 bits per heavy atom. The number of carbonyl (C=O) groups is 1. The lowest BCUT2D eigenvalue weighted by Gasteiger charge is -2.40. The van der Waals surface area contributed by atoms with E-state index < -0.39 is 28.9 Å². The van der Waals surface area contributed by atoms with Crippen LogP contribution in [0.25, 0.3) is 11.3 Å². The molecule has 8 heteroatoms. The summed E-state index contributed by atoms with van der Waals surface area (Å²) in [6.45, 7) is 9.39. The number of nitrogens with one attached hydrogen (secondary N) is 1. The average molecular weight is 460 g/mol. The Labute approximate surface area is 192 Å². The van der Waals surface area contributed by atoms with Crippen molar-refractivity contribution in [2.75, 3.05) is 6.54 Å². The molecule has 1 fully saturated rings. The quantitative estimate of drug-likeness (QED) is 0.648. The van der Waals surface area contributed by atoms with E-state index in [0.29, 0.717) is 18.5 Å². The van der Waals surface area contributed by atoms with E-state index in [2.05, 4.69) is 29.4 Å². The van der Waals surface area contributed by atoms with Crippen LogP contribution in [0.5, 0.6) is 0 Å². The average Bonchev–Trinajstić information content (AvgIpc) is 3.09. The van der Waals surface area contributed by atoms with Crippen molar-refractivity contribution in [2.45, 2.75) is 77.1 Å². The maximum Gasteiger partial charge on any atom is 0.249 e. The number of aromatic nitrogens is 2. The second-order valence-corrected chi connectivity index (χ2v) is 10.3. The standard InChI is InChI=1S/C25H31F2N3O3/c1-6-19(22(31)28-13-23(2,3)32)33-25-11-10-15(24(25,4)5)14-12-18(29-30-21(14)25)20-16(26)8-7-9-17(20)27/h7-9,12,15,19,32H,6,10-11,13H2,1-5H3,(H,28,31)/t15-,19+,25-/m0/s1. The number of amides is 1. The van der Waals surface area contributed by atoms with Gasteiger partial charge in [0.15, 0.2) is 0 Å². The number of aliphatic hydroxyl groups is 1. The molecule has 178 valence electrons. The van der Waals surface area contributed by atoms with Gasteiger partial charge in [0, 0.05) is 12.0 Å². The van der Waals surface area contributed by atoms with Gasteiger partial charge in [-0.25, -0.2) is 8.78 Å². The number of fused-ring (bicyclic) bond motifs is 5. The summed E-state index contributed by atoms with van der Waals surface area (Å²) in [6, 6.07) is 5.44. The number of halogens is 2. The summed E-state index contributed by atoms with van der Waals surface area (Å²) < 4.78 is 35.3. The molecule has 0 saturated heterocycles. The second-order valence-electron chi connectivity index (χ2n) is 10.3. The van der Waals surface area contributed by atoms with Gasteiger partial charge in [-0.05, 0) is 62.8 Å². The molecule has 1 amide bonds. The van der Waals surface area contributed by atoms with Crippen molar-refractivity contribution in [3.05, 3.63) is 47.2 Å². The number of rotatable bonds is 7. The van der Waals surface area contributed by atoms with E-state index in [-0.39, 0.29) is 35.0 Å². The summed E-state index contributed by atoms with van der Waals surface area (Å²) in [6.07, 6.45) is 1.20. The molecule has 33 heavy (non-hydrogen) atoms. The van der Waals surface area contributed by atoms with Crippen molar-refractivity contribution in [3.63, 3.8) is 0 Å². The van der Waals surface area contributed by atoms with Gasteiger partial charge in [0.2, 0.25) is 5.91 Å². The fraction of sp³-hybridized carbons (Fsp3) is 0.560. The van der Waals surface area contributed by atoms with Crippen LogP contribution in [0, 0.1) is 17.0 Å². The monoisotopic (exact) mass is 459 g/mol. The van der Waals surface area contributed by atoms with E-state index in [9.17, 15) is 18.7 Å². The Morgan fingerprint density at radius 2 is 1.97 bits per heavy atom. The van der Waals surface area contributed by atoms with Crippen molar-refractivity contribution < 1.29 is 23.4 Å². The third-order valence-corrected chi connectivity index (χ3v) is 7.20. The molecule has 1 heterocycles. The van der Waals surface area contributed by atoms with Gasteiger partial charge in [-0.15, -0.1) is 5.10 Å². The van der Waals surface area contributed by atoms with E-state index in [0.717, 1.165) is 12.0 Å². The summed E-state index contributed by atoms with van der Waals surface area (Å²) in [5.74, 6) is -1.60. The lowest BCUT2D eigenvalue weighted by atomic mass is 9.77. The second kappa shape index (κ2) is 8.09. The minimum absolute atomic E-state index is 0.0635. The van der Waals surface area contributed by atoms with Crippen LogP contribution in [0.1, 0.15) is 71.1 Å². The maximum atomic E-state index is 14.4. The van der Waals surface area contributed by atoms with Gasteiger partial charge in [-0.1, -0.05) is 26.8 Å². The molecule has 6 nitrogen and oxygen atoms in total. The summed E-state index contributed by atoms with van der Waals surface area (Å²) >= 11 is 0. The van der Waals surface area contributed by atoms with Gasteiger partial charge in [0.25, 0.3) is 0 Å². The summed E-state index contributed by atoms with van der Waals surface area (Å²) in [5.41, 5.74) is -0.796. The highest BCUT2D eigenvalue weighted by atomic mass is 19.1. The van der Waals surface area contributed by atoms with E-state index in [1.165, 1.54) is 18.2 Å². The van der Waals surface area contributed by atoms with Gasteiger partial charge in [0.1, 0.15) is 23.3 Å². The highest BCUT2D eigenvalue weighted by Gasteiger charge is 2.65. The Bertz CT molecular complexity index is 1060. The zero-order valence-electron chi connectivity index (χ0n) is 19.7. The Balaban J connectivity index is 1.70. The van der Waals surface area contributed by atoms with Crippen LogP contribution >= 0.6 is 0 Å². The molecule has 0 radical (unpaired) electrons. The normalized spacial score (nSPS) is 23.9. The Kier molecular flexibility index (Phi) is 5.81. The fourth-order valence-corrected chi connectivity index (χ4v) is 5.38. The van der Waals surface area contributed by atoms with Crippen molar-refractivity contribution in [2.24, 2.45) is 5.41 Å². The van der Waals surface area contributed by atoms with E-state index >= 15 is 0 Å². The number of hydrogen-bond acceptors (Lipinski definition) is 5. The zero-order chi connectivity index (χ0) is 24.2. The highest BCUT2D eigenvalue weighted by molar-refractivity contribution is 5.81. The lowest BCUT2D eigenvalue weighted by molar-refractivity contribution is -0.168. The molecule has 0 unspecified atom stereocenters. The molecule has 1 saturated carbocycles. The molecule has 2 bridgehead atoms. The predicted octanol–water partition coefficient (Wildman–Crippen LogP) is 4.22. The van der Waals surface area contributed by atoms with Gasteiger partial charge in [0.05, 0.1) is 22.6 Å².